The van der Waals surface area contributed by atoms with E-state index in [1.807, 2.05) is 0 Å². The molecule has 1 fully saturated rings. The standard InChI is InChI=1S/C14H11FN2O2/c15-11-3-1-10(2-4-11)14-9-16(14)12-5-7-13(8-6-12)17(18)19/h1-8,14H,9H2. The first-order chi connectivity index (χ1) is 9.15. The van der Waals surface area contributed by atoms with Gasteiger partial charge in [-0.25, -0.2) is 4.39 Å². The molecule has 1 aliphatic rings. The van der Waals surface area contributed by atoms with Gasteiger partial charge >= 0.3 is 0 Å². The molecule has 1 atom stereocenters. The summed E-state index contributed by atoms with van der Waals surface area (Å²) in [4.78, 5) is 12.3. The van der Waals surface area contributed by atoms with Crippen molar-refractivity contribution in [1.29, 1.82) is 0 Å². The van der Waals surface area contributed by atoms with Gasteiger partial charge in [0, 0.05) is 24.4 Å². The minimum absolute atomic E-state index is 0.0870. The molecule has 0 saturated carbocycles. The number of rotatable bonds is 3. The van der Waals surface area contributed by atoms with Crippen molar-refractivity contribution in [2.45, 2.75) is 6.04 Å². The summed E-state index contributed by atoms with van der Waals surface area (Å²) in [5, 5.41) is 10.6. The lowest BCUT2D eigenvalue weighted by Crippen LogP contribution is -1.95. The first-order valence-corrected chi connectivity index (χ1v) is 5.92. The number of nitro benzene ring substituents is 1. The lowest BCUT2D eigenvalue weighted by atomic mass is 10.1. The molecule has 0 N–H and O–H groups in total. The highest BCUT2D eigenvalue weighted by atomic mass is 19.1. The number of anilines is 1. The Labute approximate surface area is 109 Å². The molecule has 1 heterocycles. The van der Waals surface area contributed by atoms with Crippen LogP contribution in [0.25, 0.3) is 0 Å². The van der Waals surface area contributed by atoms with E-state index < -0.39 is 4.92 Å². The number of benzene rings is 2. The lowest BCUT2D eigenvalue weighted by molar-refractivity contribution is -0.384. The van der Waals surface area contributed by atoms with E-state index in [0.29, 0.717) is 0 Å². The van der Waals surface area contributed by atoms with E-state index in [4.69, 9.17) is 0 Å². The predicted octanol–water partition coefficient (Wildman–Crippen LogP) is 3.30. The average molecular weight is 258 g/mol. The first kappa shape index (κ1) is 11.6. The van der Waals surface area contributed by atoms with Crippen molar-refractivity contribution in [1.82, 2.24) is 0 Å². The quantitative estimate of drug-likeness (QED) is 0.482. The van der Waals surface area contributed by atoms with Crippen LogP contribution in [0.4, 0.5) is 15.8 Å². The van der Waals surface area contributed by atoms with Crippen molar-refractivity contribution in [3.63, 3.8) is 0 Å². The number of nitro groups is 1. The number of hydrogen-bond donors (Lipinski definition) is 0. The molecule has 1 saturated heterocycles. The van der Waals surface area contributed by atoms with Crippen LogP contribution < -0.4 is 4.90 Å². The van der Waals surface area contributed by atoms with Crippen LogP contribution in [0.5, 0.6) is 0 Å². The zero-order chi connectivity index (χ0) is 13.4. The molecule has 0 amide bonds. The Morgan fingerprint density at radius 3 is 2.32 bits per heavy atom. The lowest BCUT2D eigenvalue weighted by Gasteiger charge is -2.05. The highest BCUT2D eigenvalue weighted by Crippen LogP contribution is 2.40. The summed E-state index contributed by atoms with van der Waals surface area (Å²) >= 11 is 0. The molecule has 0 aromatic heterocycles. The third kappa shape index (κ3) is 2.27. The monoisotopic (exact) mass is 258 g/mol. The van der Waals surface area contributed by atoms with Gasteiger partial charge in [0.05, 0.1) is 11.0 Å². The molecule has 3 rings (SSSR count). The summed E-state index contributed by atoms with van der Waals surface area (Å²) in [5.74, 6) is -0.244. The summed E-state index contributed by atoms with van der Waals surface area (Å²) in [5.41, 5.74) is 2.09. The van der Waals surface area contributed by atoms with Gasteiger partial charge in [-0.15, -0.1) is 0 Å². The summed E-state index contributed by atoms with van der Waals surface area (Å²) < 4.78 is 12.8. The molecule has 0 bridgehead atoms. The number of nitrogens with zero attached hydrogens (tertiary/aromatic N) is 2. The van der Waals surface area contributed by atoms with Crippen molar-refractivity contribution in [3.05, 3.63) is 70.0 Å². The van der Waals surface area contributed by atoms with E-state index >= 15 is 0 Å². The summed E-state index contributed by atoms with van der Waals surface area (Å²) in [7, 11) is 0. The zero-order valence-corrected chi connectivity index (χ0v) is 9.99. The largest absolute Gasteiger partial charge is 0.360 e. The minimum Gasteiger partial charge on any atom is -0.360 e. The van der Waals surface area contributed by atoms with Gasteiger partial charge in [0.1, 0.15) is 5.82 Å². The van der Waals surface area contributed by atoms with Crippen LogP contribution >= 0.6 is 0 Å². The highest BCUT2D eigenvalue weighted by Gasteiger charge is 2.35. The van der Waals surface area contributed by atoms with E-state index in [1.54, 1.807) is 24.3 Å². The van der Waals surface area contributed by atoms with E-state index in [2.05, 4.69) is 4.90 Å². The second kappa shape index (κ2) is 4.35. The van der Waals surface area contributed by atoms with Crippen LogP contribution in [-0.4, -0.2) is 11.5 Å². The van der Waals surface area contributed by atoms with Crippen LogP contribution in [0.2, 0.25) is 0 Å². The zero-order valence-electron chi connectivity index (χ0n) is 9.99. The summed E-state index contributed by atoms with van der Waals surface area (Å²) in [6, 6.07) is 13.1. The fourth-order valence-electron chi connectivity index (χ4n) is 2.16. The molecule has 4 nitrogen and oxygen atoms in total. The topological polar surface area (TPSA) is 46.1 Å². The molecule has 96 valence electrons. The van der Waals surface area contributed by atoms with Crippen LogP contribution in [0.1, 0.15) is 11.6 Å². The summed E-state index contributed by atoms with van der Waals surface area (Å²) in [6.07, 6.45) is 0. The van der Waals surface area contributed by atoms with Crippen LogP contribution in [0, 0.1) is 15.9 Å². The van der Waals surface area contributed by atoms with Gasteiger partial charge in [-0.1, -0.05) is 12.1 Å². The van der Waals surface area contributed by atoms with Gasteiger partial charge < -0.3 is 4.90 Å². The second-order valence-corrected chi connectivity index (χ2v) is 4.49. The Balaban J connectivity index is 1.75. The van der Waals surface area contributed by atoms with Gasteiger partial charge in [0.15, 0.2) is 0 Å². The van der Waals surface area contributed by atoms with Gasteiger partial charge in [0.2, 0.25) is 0 Å². The summed E-state index contributed by atoms with van der Waals surface area (Å²) in [6.45, 7) is 0.851. The third-order valence-corrected chi connectivity index (χ3v) is 3.26. The van der Waals surface area contributed by atoms with Gasteiger partial charge in [-0.05, 0) is 29.8 Å². The molecule has 0 aliphatic carbocycles. The molecule has 1 aliphatic heterocycles. The molecular formula is C14H11FN2O2. The average Bonchev–Trinajstić information content (AvgIpc) is 3.20. The molecule has 2 aromatic rings. The highest BCUT2D eigenvalue weighted by molar-refractivity contribution is 5.58. The van der Waals surface area contributed by atoms with E-state index in [-0.39, 0.29) is 17.5 Å². The van der Waals surface area contributed by atoms with Crippen molar-refractivity contribution < 1.29 is 9.31 Å². The molecule has 0 spiro atoms. The van der Waals surface area contributed by atoms with E-state index in [0.717, 1.165) is 17.8 Å². The van der Waals surface area contributed by atoms with Crippen molar-refractivity contribution in [3.8, 4) is 0 Å². The Morgan fingerprint density at radius 1 is 1.11 bits per heavy atom. The number of non-ortho nitro benzene ring substituents is 1. The van der Waals surface area contributed by atoms with Crippen LogP contribution in [-0.2, 0) is 0 Å². The Morgan fingerprint density at radius 2 is 1.74 bits per heavy atom. The normalized spacial score (nSPS) is 17.3. The molecule has 0 radical (unpaired) electrons. The Kier molecular flexibility index (Phi) is 2.67. The maximum absolute atomic E-state index is 12.8. The van der Waals surface area contributed by atoms with Gasteiger partial charge in [-0.2, -0.15) is 0 Å². The first-order valence-electron chi connectivity index (χ1n) is 5.92. The van der Waals surface area contributed by atoms with Crippen LogP contribution in [0.15, 0.2) is 48.5 Å². The molecule has 2 aromatic carbocycles. The third-order valence-electron chi connectivity index (χ3n) is 3.26. The molecular weight excluding hydrogens is 247 g/mol. The smallest absolute Gasteiger partial charge is 0.269 e. The minimum atomic E-state index is -0.413. The maximum Gasteiger partial charge on any atom is 0.269 e. The number of hydrogen-bond acceptors (Lipinski definition) is 3. The molecule has 5 heteroatoms. The molecule has 1 unspecified atom stereocenters. The fourth-order valence-corrected chi connectivity index (χ4v) is 2.16. The maximum atomic E-state index is 12.8. The van der Waals surface area contributed by atoms with E-state index in [9.17, 15) is 14.5 Å². The van der Waals surface area contributed by atoms with Crippen molar-refractivity contribution >= 4 is 11.4 Å². The van der Waals surface area contributed by atoms with E-state index in [1.165, 1.54) is 24.3 Å². The van der Waals surface area contributed by atoms with Crippen LogP contribution in [0.3, 0.4) is 0 Å². The Bertz CT molecular complexity index is 610. The predicted molar refractivity (Wildman–Crippen MR) is 69.6 cm³/mol. The van der Waals surface area contributed by atoms with Gasteiger partial charge in [-0.3, -0.25) is 10.1 Å². The molecule has 19 heavy (non-hydrogen) atoms. The fraction of sp³-hybridized carbons (Fsp3) is 0.143. The SMILES string of the molecule is O=[N+]([O-])c1ccc(N2CC2c2ccc(F)cc2)cc1. The number of halogens is 1. The second-order valence-electron chi connectivity index (χ2n) is 4.49. The van der Waals surface area contributed by atoms with Crippen molar-refractivity contribution in [2.24, 2.45) is 0 Å². The van der Waals surface area contributed by atoms with Crippen molar-refractivity contribution in [2.75, 3.05) is 11.4 Å². The van der Waals surface area contributed by atoms with Gasteiger partial charge in [0.25, 0.3) is 5.69 Å². The Hall–Kier alpha value is -2.43.